The van der Waals surface area contributed by atoms with Gasteiger partial charge in [0.15, 0.2) is 0 Å². The van der Waals surface area contributed by atoms with E-state index in [0.29, 0.717) is 9.34 Å². The number of halogens is 1. The predicted molar refractivity (Wildman–Crippen MR) is 62.0 cm³/mol. The highest BCUT2D eigenvalue weighted by Gasteiger charge is 2.13. The standard InChI is InChI=1S/C10H12ClNO2S/c1-10(2,3)14-9(13)5-4-8-12-6-7(11)15-8/h4-6H,1-3H3/b5-4+. The summed E-state index contributed by atoms with van der Waals surface area (Å²) in [5.41, 5.74) is -0.470. The van der Waals surface area contributed by atoms with Crippen LogP contribution in [0.5, 0.6) is 0 Å². The molecule has 5 heteroatoms. The van der Waals surface area contributed by atoms with Crippen LogP contribution in [0.1, 0.15) is 25.8 Å². The molecule has 0 aliphatic rings. The number of nitrogens with zero attached hydrogens (tertiary/aromatic N) is 1. The van der Waals surface area contributed by atoms with E-state index >= 15 is 0 Å². The van der Waals surface area contributed by atoms with Crippen LogP contribution < -0.4 is 0 Å². The number of carbonyl (C=O) groups is 1. The molecule has 0 saturated carbocycles. The first kappa shape index (κ1) is 12.2. The monoisotopic (exact) mass is 245 g/mol. The van der Waals surface area contributed by atoms with Crippen LogP contribution in [0.15, 0.2) is 12.3 Å². The zero-order valence-corrected chi connectivity index (χ0v) is 10.4. The van der Waals surface area contributed by atoms with Gasteiger partial charge in [0.2, 0.25) is 0 Å². The average Bonchev–Trinajstić information content (AvgIpc) is 2.45. The minimum atomic E-state index is -0.470. The predicted octanol–water partition coefficient (Wildman–Crippen LogP) is 3.15. The highest BCUT2D eigenvalue weighted by molar-refractivity contribution is 7.16. The average molecular weight is 246 g/mol. The van der Waals surface area contributed by atoms with Crippen molar-refractivity contribution in [2.75, 3.05) is 0 Å². The molecule has 0 fully saturated rings. The van der Waals surface area contributed by atoms with E-state index in [0.717, 1.165) is 0 Å². The number of esters is 1. The fourth-order valence-electron chi connectivity index (χ4n) is 0.819. The lowest BCUT2D eigenvalue weighted by Gasteiger charge is -2.17. The summed E-state index contributed by atoms with van der Waals surface area (Å²) >= 11 is 7.00. The highest BCUT2D eigenvalue weighted by atomic mass is 35.5. The summed E-state index contributed by atoms with van der Waals surface area (Å²) in [5, 5.41) is 0.686. The third-order valence-corrected chi connectivity index (χ3v) is 2.34. The highest BCUT2D eigenvalue weighted by Crippen LogP contribution is 2.19. The molecule has 0 N–H and O–H groups in total. The van der Waals surface area contributed by atoms with Crippen molar-refractivity contribution in [3.8, 4) is 0 Å². The van der Waals surface area contributed by atoms with Crippen molar-refractivity contribution in [1.82, 2.24) is 4.98 Å². The quantitative estimate of drug-likeness (QED) is 0.594. The molecule has 0 aromatic carbocycles. The van der Waals surface area contributed by atoms with E-state index in [-0.39, 0.29) is 5.97 Å². The van der Waals surface area contributed by atoms with Gasteiger partial charge in [0.1, 0.15) is 14.9 Å². The molecule has 0 bridgehead atoms. The molecule has 3 nitrogen and oxygen atoms in total. The van der Waals surface area contributed by atoms with Crippen molar-refractivity contribution < 1.29 is 9.53 Å². The van der Waals surface area contributed by atoms with Gasteiger partial charge < -0.3 is 4.74 Å². The largest absolute Gasteiger partial charge is 0.457 e. The van der Waals surface area contributed by atoms with Gasteiger partial charge in [0, 0.05) is 6.08 Å². The Kier molecular flexibility index (Phi) is 3.88. The number of carbonyl (C=O) groups excluding carboxylic acids is 1. The number of aromatic nitrogens is 1. The van der Waals surface area contributed by atoms with E-state index in [1.54, 1.807) is 12.3 Å². The molecule has 0 spiro atoms. The van der Waals surface area contributed by atoms with Gasteiger partial charge >= 0.3 is 5.97 Å². The number of hydrogen-bond donors (Lipinski definition) is 0. The molecule has 15 heavy (non-hydrogen) atoms. The molecule has 1 heterocycles. The molecule has 0 amide bonds. The summed E-state index contributed by atoms with van der Waals surface area (Å²) in [5.74, 6) is -0.381. The van der Waals surface area contributed by atoms with E-state index in [2.05, 4.69) is 4.98 Å². The third-order valence-electron chi connectivity index (χ3n) is 1.26. The SMILES string of the molecule is CC(C)(C)OC(=O)/C=C/c1ncc(Cl)s1. The van der Waals surface area contributed by atoms with Gasteiger partial charge in [-0.15, -0.1) is 11.3 Å². The zero-order valence-electron chi connectivity index (χ0n) is 8.78. The summed E-state index contributed by atoms with van der Waals surface area (Å²) in [6, 6.07) is 0. The summed E-state index contributed by atoms with van der Waals surface area (Å²) in [4.78, 5) is 15.2. The first-order chi connectivity index (χ1) is 6.87. The van der Waals surface area contributed by atoms with Crippen LogP contribution in [-0.4, -0.2) is 16.6 Å². The molecule has 1 aromatic rings. The molecule has 0 atom stereocenters. The topological polar surface area (TPSA) is 39.2 Å². The molecule has 0 unspecified atom stereocenters. The Balaban J connectivity index is 2.55. The van der Waals surface area contributed by atoms with Crippen molar-refractivity contribution in [2.45, 2.75) is 26.4 Å². The third kappa shape index (κ3) is 4.95. The van der Waals surface area contributed by atoms with Gasteiger partial charge in [-0.25, -0.2) is 9.78 Å². The summed E-state index contributed by atoms with van der Waals surface area (Å²) in [6.07, 6.45) is 4.48. The van der Waals surface area contributed by atoms with E-state index in [9.17, 15) is 4.79 Å². The van der Waals surface area contributed by atoms with E-state index in [4.69, 9.17) is 16.3 Å². The van der Waals surface area contributed by atoms with Crippen molar-refractivity contribution in [2.24, 2.45) is 0 Å². The van der Waals surface area contributed by atoms with Crippen molar-refractivity contribution >= 4 is 35.0 Å². The summed E-state index contributed by atoms with van der Waals surface area (Å²) in [6.45, 7) is 5.46. The van der Waals surface area contributed by atoms with Crippen LogP contribution in [0, 0.1) is 0 Å². The van der Waals surface area contributed by atoms with E-state index in [1.807, 2.05) is 20.8 Å². The van der Waals surface area contributed by atoms with Crippen LogP contribution in [0.4, 0.5) is 0 Å². The van der Waals surface area contributed by atoms with Crippen LogP contribution >= 0.6 is 22.9 Å². The Bertz CT molecular complexity index is 379. The maximum Gasteiger partial charge on any atom is 0.331 e. The Hall–Kier alpha value is -0.870. The van der Waals surface area contributed by atoms with Crippen LogP contribution in [0.25, 0.3) is 6.08 Å². The second-order valence-corrected chi connectivity index (χ2v) is 5.56. The van der Waals surface area contributed by atoms with E-state index < -0.39 is 5.60 Å². The van der Waals surface area contributed by atoms with Gasteiger partial charge in [-0.2, -0.15) is 0 Å². The first-order valence-corrected chi connectivity index (χ1v) is 5.59. The van der Waals surface area contributed by atoms with Crippen molar-refractivity contribution in [1.29, 1.82) is 0 Å². The first-order valence-electron chi connectivity index (χ1n) is 4.39. The van der Waals surface area contributed by atoms with Crippen LogP contribution in [-0.2, 0) is 9.53 Å². The molecular formula is C10H12ClNO2S. The molecule has 82 valence electrons. The molecule has 0 aliphatic heterocycles. The maximum absolute atomic E-state index is 11.3. The van der Waals surface area contributed by atoms with Crippen LogP contribution in [0.3, 0.4) is 0 Å². The smallest absolute Gasteiger partial charge is 0.331 e. The number of rotatable bonds is 2. The number of hydrogen-bond acceptors (Lipinski definition) is 4. The lowest BCUT2D eigenvalue weighted by molar-refractivity contribution is -0.148. The fourth-order valence-corrected chi connectivity index (χ4v) is 1.65. The normalized spacial score (nSPS) is 12.0. The number of ether oxygens (including phenoxy) is 1. The van der Waals surface area contributed by atoms with Gasteiger partial charge in [-0.05, 0) is 26.8 Å². The van der Waals surface area contributed by atoms with Gasteiger partial charge in [0.25, 0.3) is 0 Å². The molecular weight excluding hydrogens is 234 g/mol. The minimum absolute atomic E-state index is 0.381. The van der Waals surface area contributed by atoms with Gasteiger partial charge in [-0.3, -0.25) is 0 Å². The summed E-state index contributed by atoms with van der Waals surface area (Å²) in [7, 11) is 0. The second kappa shape index (κ2) is 4.77. The molecule has 0 aliphatic carbocycles. The fraction of sp³-hybridized carbons (Fsp3) is 0.400. The van der Waals surface area contributed by atoms with Gasteiger partial charge in [-0.1, -0.05) is 11.6 Å². The molecule has 0 radical (unpaired) electrons. The molecule has 0 saturated heterocycles. The van der Waals surface area contributed by atoms with Crippen molar-refractivity contribution in [3.05, 3.63) is 21.6 Å². The zero-order chi connectivity index (χ0) is 11.5. The Morgan fingerprint density at radius 2 is 2.27 bits per heavy atom. The minimum Gasteiger partial charge on any atom is -0.457 e. The van der Waals surface area contributed by atoms with E-state index in [1.165, 1.54) is 17.4 Å². The Morgan fingerprint density at radius 1 is 1.60 bits per heavy atom. The number of thiazole rings is 1. The lowest BCUT2D eigenvalue weighted by atomic mass is 10.2. The summed E-state index contributed by atoms with van der Waals surface area (Å²) < 4.78 is 5.68. The Labute approximate surface area is 97.7 Å². The Morgan fingerprint density at radius 3 is 2.73 bits per heavy atom. The lowest BCUT2D eigenvalue weighted by Crippen LogP contribution is -2.22. The molecule has 1 rings (SSSR count). The van der Waals surface area contributed by atoms with Crippen LogP contribution in [0.2, 0.25) is 4.34 Å². The second-order valence-electron chi connectivity index (χ2n) is 3.87. The molecule has 1 aromatic heterocycles. The van der Waals surface area contributed by atoms with Crippen molar-refractivity contribution in [3.63, 3.8) is 0 Å². The maximum atomic E-state index is 11.3. The van der Waals surface area contributed by atoms with Gasteiger partial charge in [0.05, 0.1) is 6.20 Å².